The lowest BCUT2D eigenvalue weighted by molar-refractivity contribution is -0.123. The van der Waals surface area contributed by atoms with Crippen LogP contribution in [0, 0.1) is 4.84 Å². The molecule has 0 unspecified atom stereocenters. The Balaban J connectivity index is 2.07. The van der Waals surface area contributed by atoms with E-state index >= 15 is 0 Å². The SMILES string of the molecule is CN(CC(=O)NC(C)(C)C)Cn1nc(-c2ccccc2Br)oc1=S. The Bertz CT molecular complexity index is 779. The molecule has 8 heteroatoms. The Labute approximate surface area is 155 Å². The first-order valence-corrected chi connectivity index (χ1v) is 8.68. The fourth-order valence-corrected chi connectivity index (χ4v) is 2.75. The van der Waals surface area contributed by atoms with Crippen molar-refractivity contribution in [1.29, 1.82) is 0 Å². The van der Waals surface area contributed by atoms with Gasteiger partial charge in [0.05, 0.1) is 18.8 Å². The Morgan fingerprint density at radius 1 is 1.42 bits per heavy atom. The van der Waals surface area contributed by atoms with Gasteiger partial charge in [-0.25, -0.2) is 4.68 Å². The number of aromatic nitrogens is 2. The summed E-state index contributed by atoms with van der Waals surface area (Å²) in [5, 5.41) is 7.33. The van der Waals surface area contributed by atoms with Gasteiger partial charge in [-0.2, -0.15) is 0 Å². The first-order valence-electron chi connectivity index (χ1n) is 7.48. The van der Waals surface area contributed by atoms with Crippen molar-refractivity contribution < 1.29 is 9.21 Å². The van der Waals surface area contributed by atoms with Crippen LogP contribution < -0.4 is 5.32 Å². The lowest BCUT2D eigenvalue weighted by atomic mass is 10.1. The summed E-state index contributed by atoms with van der Waals surface area (Å²) in [6, 6.07) is 7.63. The van der Waals surface area contributed by atoms with Crippen LogP contribution in [0.2, 0.25) is 0 Å². The molecule has 130 valence electrons. The largest absolute Gasteiger partial charge is 0.409 e. The zero-order chi connectivity index (χ0) is 17.9. The normalized spacial score (nSPS) is 11.8. The van der Waals surface area contributed by atoms with E-state index in [1.54, 1.807) is 4.68 Å². The molecule has 0 aliphatic carbocycles. The summed E-state index contributed by atoms with van der Waals surface area (Å²) in [7, 11) is 1.83. The number of benzene rings is 1. The number of halogens is 1. The zero-order valence-corrected chi connectivity index (χ0v) is 16.6. The summed E-state index contributed by atoms with van der Waals surface area (Å²) in [6.07, 6.45) is 0. The quantitative estimate of drug-likeness (QED) is 0.761. The summed E-state index contributed by atoms with van der Waals surface area (Å²) in [4.78, 5) is 14.1. The number of carbonyl (C=O) groups is 1. The fourth-order valence-electron chi connectivity index (χ4n) is 2.12. The third-order valence-electron chi connectivity index (χ3n) is 3.01. The summed E-state index contributed by atoms with van der Waals surface area (Å²) < 4.78 is 8.02. The van der Waals surface area contributed by atoms with Gasteiger partial charge in [-0.05, 0) is 68.1 Å². The van der Waals surface area contributed by atoms with E-state index in [4.69, 9.17) is 16.6 Å². The van der Waals surface area contributed by atoms with Crippen molar-refractivity contribution in [3.05, 3.63) is 33.6 Å². The Morgan fingerprint density at radius 2 is 2.08 bits per heavy atom. The number of nitrogens with zero attached hydrogens (tertiary/aromatic N) is 3. The van der Waals surface area contributed by atoms with Crippen LogP contribution in [0.1, 0.15) is 20.8 Å². The summed E-state index contributed by atoms with van der Waals surface area (Å²) >= 11 is 8.70. The third kappa shape index (κ3) is 5.25. The maximum Gasteiger partial charge on any atom is 0.288 e. The molecule has 1 heterocycles. The first-order chi connectivity index (χ1) is 11.2. The molecule has 1 aromatic heterocycles. The molecule has 0 aliphatic rings. The predicted octanol–water partition coefficient (Wildman–Crippen LogP) is 3.44. The number of hydrogen-bond acceptors (Lipinski definition) is 5. The minimum Gasteiger partial charge on any atom is -0.409 e. The van der Waals surface area contributed by atoms with E-state index in [1.807, 2.05) is 57.0 Å². The Kier molecular flexibility index (Phi) is 5.95. The molecule has 1 aromatic carbocycles. The van der Waals surface area contributed by atoms with Gasteiger partial charge < -0.3 is 9.73 Å². The van der Waals surface area contributed by atoms with Crippen molar-refractivity contribution in [2.24, 2.45) is 0 Å². The number of likely N-dealkylation sites (N-methyl/N-ethyl adjacent to an activating group) is 1. The molecular formula is C16H21BrN4O2S. The van der Waals surface area contributed by atoms with Crippen LogP contribution in [0.15, 0.2) is 33.2 Å². The van der Waals surface area contributed by atoms with Crippen molar-refractivity contribution in [2.45, 2.75) is 33.0 Å². The third-order valence-corrected chi connectivity index (χ3v) is 4.00. The molecule has 0 radical (unpaired) electrons. The van der Waals surface area contributed by atoms with E-state index in [-0.39, 0.29) is 22.8 Å². The van der Waals surface area contributed by atoms with E-state index in [9.17, 15) is 4.79 Å². The van der Waals surface area contributed by atoms with Gasteiger partial charge in [-0.15, -0.1) is 5.10 Å². The molecule has 6 nitrogen and oxygen atoms in total. The minimum atomic E-state index is -0.255. The molecule has 2 rings (SSSR count). The van der Waals surface area contributed by atoms with Gasteiger partial charge in [0.2, 0.25) is 11.8 Å². The highest BCUT2D eigenvalue weighted by Crippen LogP contribution is 2.26. The molecule has 0 aliphatic heterocycles. The maximum atomic E-state index is 12.0. The van der Waals surface area contributed by atoms with Crippen LogP contribution in [0.4, 0.5) is 0 Å². The lowest BCUT2D eigenvalue weighted by Crippen LogP contribution is -2.45. The van der Waals surface area contributed by atoms with Gasteiger partial charge in [0.25, 0.3) is 4.84 Å². The molecule has 24 heavy (non-hydrogen) atoms. The Morgan fingerprint density at radius 3 is 2.71 bits per heavy atom. The summed E-state index contributed by atoms with van der Waals surface area (Å²) in [6.45, 7) is 6.45. The van der Waals surface area contributed by atoms with Crippen LogP contribution in [0.5, 0.6) is 0 Å². The van der Waals surface area contributed by atoms with E-state index in [1.165, 1.54) is 0 Å². The lowest BCUT2D eigenvalue weighted by Gasteiger charge is -2.23. The highest BCUT2D eigenvalue weighted by molar-refractivity contribution is 9.10. The van der Waals surface area contributed by atoms with Gasteiger partial charge in [0, 0.05) is 10.0 Å². The van der Waals surface area contributed by atoms with Crippen LogP contribution in [-0.4, -0.2) is 39.7 Å². The standard InChI is InChI=1S/C16H21BrN4O2S/c1-16(2,3)18-13(22)9-20(4)10-21-15(24)23-14(19-21)11-7-5-6-8-12(11)17/h5-8H,9-10H2,1-4H3,(H,18,22). The van der Waals surface area contributed by atoms with E-state index < -0.39 is 0 Å². The van der Waals surface area contributed by atoms with Crippen molar-refractivity contribution >= 4 is 34.1 Å². The molecule has 2 aromatic rings. The fraction of sp³-hybridized carbons (Fsp3) is 0.438. The first kappa shape index (κ1) is 18.8. The molecular weight excluding hydrogens is 392 g/mol. The molecule has 0 fully saturated rings. The molecule has 1 N–H and O–H groups in total. The molecule has 1 amide bonds. The summed E-state index contributed by atoms with van der Waals surface area (Å²) in [5.74, 6) is 0.394. The van der Waals surface area contributed by atoms with Gasteiger partial charge in [-0.3, -0.25) is 9.69 Å². The molecule has 0 atom stereocenters. The Hall–Kier alpha value is -1.51. The second-order valence-electron chi connectivity index (χ2n) is 6.61. The predicted molar refractivity (Wildman–Crippen MR) is 99.0 cm³/mol. The van der Waals surface area contributed by atoms with Gasteiger partial charge in [0.1, 0.15) is 0 Å². The number of amides is 1. The molecule has 0 spiro atoms. The van der Waals surface area contributed by atoms with E-state index in [0.29, 0.717) is 12.6 Å². The second kappa shape index (κ2) is 7.58. The highest BCUT2D eigenvalue weighted by atomic mass is 79.9. The van der Waals surface area contributed by atoms with Gasteiger partial charge in [-0.1, -0.05) is 12.1 Å². The maximum absolute atomic E-state index is 12.0. The van der Waals surface area contributed by atoms with Gasteiger partial charge >= 0.3 is 0 Å². The average molecular weight is 413 g/mol. The van der Waals surface area contributed by atoms with Crippen molar-refractivity contribution in [1.82, 2.24) is 20.0 Å². The molecule has 0 saturated heterocycles. The smallest absolute Gasteiger partial charge is 0.288 e. The van der Waals surface area contributed by atoms with Crippen LogP contribution in [-0.2, 0) is 11.5 Å². The number of carbonyl (C=O) groups excluding carboxylic acids is 1. The molecule has 0 bridgehead atoms. The van der Waals surface area contributed by atoms with Crippen molar-refractivity contribution in [2.75, 3.05) is 13.6 Å². The number of nitrogens with one attached hydrogen (secondary N) is 1. The monoisotopic (exact) mass is 412 g/mol. The van der Waals surface area contributed by atoms with Crippen LogP contribution >= 0.6 is 28.1 Å². The minimum absolute atomic E-state index is 0.0500. The summed E-state index contributed by atoms with van der Waals surface area (Å²) in [5.41, 5.74) is 0.574. The highest BCUT2D eigenvalue weighted by Gasteiger charge is 2.16. The number of hydrogen-bond donors (Lipinski definition) is 1. The van der Waals surface area contributed by atoms with Crippen molar-refractivity contribution in [3.63, 3.8) is 0 Å². The zero-order valence-electron chi connectivity index (χ0n) is 14.2. The number of rotatable bonds is 5. The second-order valence-corrected chi connectivity index (χ2v) is 7.81. The van der Waals surface area contributed by atoms with Crippen LogP contribution in [0.25, 0.3) is 11.5 Å². The van der Waals surface area contributed by atoms with Crippen LogP contribution in [0.3, 0.4) is 0 Å². The molecule has 0 saturated carbocycles. The average Bonchev–Trinajstić information content (AvgIpc) is 2.77. The van der Waals surface area contributed by atoms with E-state index in [2.05, 4.69) is 26.3 Å². The van der Waals surface area contributed by atoms with Gasteiger partial charge in [0.15, 0.2) is 0 Å². The topological polar surface area (TPSA) is 63.3 Å². The van der Waals surface area contributed by atoms with E-state index in [0.717, 1.165) is 10.0 Å². The van der Waals surface area contributed by atoms with Crippen molar-refractivity contribution in [3.8, 4) is 11.5 Å².